The molecule has 1 aromatic carbocycles. The van der Waals surface area contributed by atoms with Crippen LogP contribution in [0.25, 0.3) is 0 Å². The number of rotatable bonds is 4. The summed E-state index contributed by atoms with van der Waals surface area (Å²) in [6.07, 6.45) is 2.18. The second-order valence-electron chi connectivity index (χ2n) is 6.16. The summed E-state index contributed by atoms with van der Waals surface area (Å²) in [6.45, 7) is 0.107. The highest BCUT2D eigenvalue weighted by Crippen LogP contribution is 2.29. The molecule has 2 aliphatic heterocycles. The fraction of sp³-hybridized carbons (Fsp3) is 0.368. The van der Waals surface area contributed by atoms with Crippen LogP contribution in [0.3, 0.4) is 0 Å². The molecule has 7 heteroatoms. The zero-order chi connectivity index (χ0) is 18.7. The van der Waals surface area contributed by atoms with Crippen molar-refractivity contribution >= 4 is 23.6 Å². The number of amides is 4. The fourth-order valence-corrected chi connectivity index (χ4v) is 3.10. The number of nitrogens with one attached hydrogen (secondary N) is 1. The van der Waals surface area contributed by atoms with E-state index in [4.69, 9.17) is 5.11 Å². The van der Waals surface area contributed by atoms with Crippen molar-refractivity contribution in [2.75, 3.05) is 6.61 Å². The van der Waals surface area contributed by atoms with Crippen molar-refractivity contribution in [1.29, 1.82) is 0 Å². The lowest BCUT2D eigenvalue weighted by Crippen LogP contribution is -2.54. The molecule has 0 saturated carbocycles. The number of carbonyl (C=O) groups excluding carboxylic acids is 4. The molecule has 4 amide bonds. The van der Waals surface area contributed by atoms with E-state index in [1.165, 1.54) is 0 Å². The summed E-state index contributed by atoms with van der Waals surface area (Å²) in [5, 5.41) is 10.9. The largest absolute Gasteiger partial charge is 0.396 e. The van der Waals surface area contributed by atoms with Gasteiger partial charge in [0.15, 0.2) is 0 Å². The van der Waals surface area contributed by atoms with E-state index in [2.05, 4.69) is 17.2 Å². The summed E-state index contributed by atoms with van der Waals surface area (Å²) in [7, 11) is 0. The molecule has 0 aliphatic carbocycles. The standard InChI is InChI=1S/C19H18N2O5/c22-11-4-2-1-3-6-12-7-5-8-13-16(12)19(26)21(18(13)25)14-9-10-15(23)20-17(14)24/h5,7-8,14,22H,1-2,4,9-11H2,(H,20,23,24). The summed E-state index contributed by atoms with van der Waals surface area (Å²) < 4.78 is 0. The van der Waals surface area contributed by atoms with Crippen molar-refractivity contribution in [3.05, 3.63) is 34.9 Å². The van der Waals surface area contributed by atoms with Crippen LogP contribution in [0.5, 0.6) is 0 Å². The van der Waals surface area contributed by atoms with Crippen LogP contribution in [0.15, 0.2) is 18.2 Å². The number of aliphatic hydroxyl groups excluding tert-OH is 1. The van der Waals surface area contributed by atoms with Gasteiger partial charge >= 0.3 is 0 Å². The van der Waals surface area contributed by atoms with Crippen LogP contribution >= 0.6 is 0 Å². The van der Waals surface area contributed by atoms with Gasteiger partial charge in [0.2, 0.25) is 11.8 Å². The Morgan fingerprint density at radius 2 is 1.96 bits per heavy atom. The van der Waals surface area contributed by atoms with Gasteiger partial charge in [-0.1, -0.05) is 17.9 Å². The molecule has 2 N–H and O–H groups in total. The molecule has 0 radical (unpaired) electrons. The van der Waals surface area contributed by atoms with E-state index in [9.17, 15) is 19.2 Å². The number of fused-ring (bicyclic) bond motifs is 1. The Balaban J connectivity index is 1.87. The molecule has 26 heavy (non-hydrogen) atoms. The monoisotopic (exact) mass is 354 g/mol. The molecule has 1 saturated heterocycles. The highest BCUT2D eigenvalue weighted by atomic mass is 16.3. The van der Waals surface area contributed by atoms with Crippen LogP contribution in [0.1, 0.15) is 58.4 Å². The van der Waals surface area contributed by atoms with E-state index < -0.39 is 29.7 Å². The Kier molecular flexibility index (Phi) is 5.14. The maximum atomic E-state index is 12.8. The molecule has 0 aromatic heterocycles. The van der Waals surface area contributed by atoms with Crippen LogP contribution in [0.4, 0.5) is 0 Å². The van der Waals surface area contributed by atoms with Gasteiger partial charge < -0.3 is 5.11 Å². The van der Waals surface area contributed by atoms with E-state index in [-0.39, 0.29) is 30.6 Å². The summed E-state index contributed by atoms with van der Waals surface area (Å²) in [5.41, 5.74) is 0.873. The molecule has 0 spiro atoms. The van der Waals surface area contributed by atoms with Crippen LogP contribution in [-0.2, 0) is 9.59 Å². The fourth-order valence-electron chi connectivity index (χ4n) is 3.10. The number of piperidine rings is 1. The van der Waals surface area contributed by atoms with Gasteiger partial charge in [-0.2, -0.15) is 0 Å². The van der Waals surface area contributed by atoms with Crippen LogP contribution in [0, 0.1) is 11.8 Å². The number of unbranched alkanes of at least 4 members (excludes halogenated alkanes) is 2. The lowest BCUT2D eigenvalue weighted by molar-refractivity contribution is -0.136. The summed E-state index contributed by atoms with van der Waals surface area (Å²) in [5.74, 6) is 3.72. The van der Waals surface area contributed by atoms with Gasteiger partial charge in [0, 0.05) is 25.0 Å². The molecule has 3 rings (SSSR count). The topological polar surface area (TPSA) is 104 Å². The molecular weight excluding hydrogens is 336 g/mol. The van der Waals surface area contributed by atoms with Gasteiger partial charge in [0.05, 0.1) is 11.1 Å². The molecule has 1 unspecified atom stereocenters. The van der Waals surface area contributed by atoms with Crippen molar-refractivity contribution in [2.45, 2.75) is 38.1 Å². The maximum Gasteiger partial charge on any atom is 0.263 e. The lowest BCUT2D eigenvalue weighted by Gasteiger charge is -2.27. The molecule has 134 valence electrons. The van der Waals surface area contributed by atoms with Gasteiger partial charge in [-0.3, -0.25) is 29.4 Å². The number of imide groups is 2. The number of nitrogens with zero attached hydrogens (tertiary/aromatic N) is 1. The SMILES string of the molecule is O=C1CCC(N2C(=O)c3cccc(C#CCCCCO)c3C2=O)C(=O)N1. The van der Waals surface area contributed by atoms with E-state index in [1.54, 1.807) is 18.2 Å². The van der Waals surface area contributed by atoms with Crippen LogP contribution < -0.4 is 5.32 Å². The lowest BCUT2D eigenvalue weighted by atomic mass is 10.0. The van der Waals surface area contributed by atoms with E-state index >= 15 is 0 Å². The molecule has 1 fully saturated rings. The van der Waals surface area contributed by atoms with Crippen molar-refractivity contribution < 1.29 is 24.3 Å². The minimum absolute atomic E-state index is 0.0847. The van der Waals surface area contributed by atoms with Crippen LogP contribution in [-0.4, -0.2) is 46.3 Å². The predicted molar refractivity (Wildman–Crippen MR) is 90.9 cm³/mol. The molecule has 2 aliphatic rings. The first-order valence-electron chi connectivity index (χ1n) is 8.49. The van der Waals surface area contributed by atoms with Crippen molar-refractivity contribution in [2.24, 2.45) is 0 Å². The minimum Gasteiger partial charge on any atom is -0.396 e. The zero-order valence-electron chi connectivity index (χ0n) is 14.1. The molecular formula is C19H18N2O5. The highest BCUT2D eigenvalue weighted by molar-refractivity contribution is 6.24. The van der Waals surface area contributed by atoms with Crippen molar-refractivity contribution in [3.8, 4) is 11.8 Å². The number of hydrogen-bond acceptors (Lipinski definition) is 5. The first kappa shape index (κ1) is 17.8. The van der Waals surface area contributed by atoms with E-state index in [0.29, 0.717) is 18.4 Å². The first-order valence-corrected chi connectivity index (χ1v) is 8.49. The third kappa shape index (κ3) is 3.24. The Morgan fingerprint density at radius 1 is 1.15 bits per heavy atom. The van der Waals surface area contributed by atoms with Gasteiger partial charge in [-0.25, -0.2) is 0 Å². The van der Waals surface area contributed by atoms with Gasteiger partial charge in [0.1, 0.15) is 6.04 Å². The quantitative estimate of drug-likeness (QED) is 0.468. The average molecular weight is 354 g/mol. The van der Waals surface area contributed by atoms with Gasteiger partial charge in [0.25, 0.3) is 11.8 Å². The molecule has 1 aromatic rings. The number of carbonyl (C=O) groups is 4. The molecule has 0 bridgehead atoms. The number of hydrogen-bond donors (Lipinski definition) is 2. The smallest absolute Gasteiger partial charge is 0.263 e. The Labute approximate surface area is 150 Å². The maximum absolute atomic E-state index is 12.8. The molecule has 7 nitrogen and oxygen atoms in total. The third-order valence-electron chi connectivity index (χ3n) is 4.40. The second-order valence-corrected chi connectivity index (χ2v) is 6.16. The average Bonchev–Trinajstić information content (AvgIpc) is 2.87. The van der Waals surface area contributed by atoms with Crippen molar-refractivity contribution in [1.82, 2.24) is 10.2 Å². The molecule has 2 heterocycles. The number of benzene rings is 1. The summed E-state index contributed by atoms with van der Waals surface area (Å²) in [4.78, 5) is 49.8. The number of aliphatic hydroxyl groups is 1. The Hall–Kier alpha value is -2.98. The Morgan fingerprint density at radius 3 is 2.69 bits per heavy atom. The minimum atomic E-state index is -0.981. The first-order chi connectivity index (χ1) is 12.5. The van der Waals surface area contributed by atoms with Gasteiger partial charge in [-0.05, 0) is 31.4 Å². The van der Waals surface area contributed by atoms with E-state index in [0.717, 1.165) is 11.3 Å². The highest BCUT2D eigenvalue weighted by Gasteiger charge is 2.45. The Bertz CT molecular complexity index is 849. The van der Waals surface area contributed by atoms with Crippen molar-refractivity contribution in [3.63, 3.8) is 0 Å². The van der Waals surface area contributed by atoms with Gasteiger partial charge in [-0.15, -0.1) is 0 Å². The third-order valence-corrected chi connectivity index (χ3v) is 4.40. The summed E-state index contributed by atoms with van der Waals surface area (Å²) >= 11 is 0. The molecule has 1 atom stereocenters. The normalized spacial score (nSPS) is 19.1. The van der Waals surface area contributed by atoms with E-state index in [1.807, 2.05) is 0 Å². The zero-order valence-corrected chi connectivity index (χ0v) is 14.1. The second kappa shape index (κ2) is 7.50. The predicted octanol–water partition coefficient (Wildman–Crippen LogP) is 0.602. The summed E-state index contributed by atoms with van der Waals surface area (Å²) in [6, 6.07) is 3.87. The van der Waals surface area contributed by atoms with Crippen LogP contribution in [0.2, 0.25) is 0 Å².